The number of nitro groups is 1. The summed E-state index contributed by atoms with van der Waals surface area (Å²) in [7, 11) is 0. The van der Waals surface area contributed by atoms with Crippen LogP contribution in [0.25, 0.3) is 0 Å². The molecule has 0 radical (unpaired) electrons. The molecule has 0 spiro atoms. The molecule has 1 aromatic carbocycles. The number of non-ortho nitro benzene ring substituents is 1. The first-order chi connectivity index (χ1) is 8.54. The Morgan fingerprint density at radius 3 is 2.44 bits per heavy atom. The van der Waals surface area contributed by atoms with Gasteiger partial charge in [-0.25, -0.2) is 0 Å². The summed E-state index contributed by atoms with van der Waals surface area (Å²) in [6, 6.07) is 5.83. The summed E-state index contributed by atoms with van der Waals surface area (Å²) in [5, 5.41) is 26.7. The Hall–Kier alpha value is -1.69. The maximum absolute atomic E-state index is 10.5. The van der Waals surface area contributed by atoms with Crippen molar-refractivity contribution in [1.29, 1.82) is 10.8 Å². The van der Waals surface area contributed by atoms with Gasteiger partial charge < -0.3 is 0 Å². The van der Waals surface area contributed by atoms with E-state index in [2.05, 4.69) is 6.92 Å². The van der Waals surface area contributed by atoms with Gasteiger partial charge in [0.1, 0.15) is 5.04 Å². The molecule has 0 unspecified atom stereocenters. The average Bonchev–Trinajstić information content (AvgIpc) is 2.36. The van der Waals surface area contributed by atoms with E-state index in [0.717, 1.165) is 24.6 Å². The lowest BCUT2D eigenvalue weighted by atomic mass is 10.2. The van der Waals surface area contributed by atoms with E-state index in [9.17, 15) is 10.1 Å². The number of nitrogens with one attached hydrogen (secondary N) is 2. The summed E-state index contributed by atoms with van der Waals surface area (Å²) in [5.74, 6) is 0. The first-order valence-corrected chi connectivity index (χ1v) is 6.45. The van der Waals surface area contributed by atoms with Gasteiger partial charge in [0.2, 0.25) is 0 Å². The van der Waals surface area contributed by atoms with Crippen LogP contribution in [0.15, 0.2) is 24.3 Å². The highest BCUT2D eigenvalue weighted by atomic mass is 32.2. The monoisotopic (exact) mass is 265 g/mol. The van der Waals surface area contributed by atoms with Crippen LogP contribution >= 0.6 is 11.8 Å². The number of nitro benzene ring substituents is 1. The summed E-state index contributed by atoms with van der Waals surface area (Å²) in [6.07, 6.45) is 2.64. The van der Waals surface area contributed by atoms with E-state index in [4.69, 9.17) is 10.8 Å². The number of unbranched alkanes of at least 4 members (excludes halogenated alkanes) is 1. The molecule has 1 aromatic rings. The Morgan fingerprint density at radius 2 is 1.94 bits per heavy atom. The molecule has 6 heteroatoms. The highest BCUT2D eigenvalue weighted by Crippen LogP contribution is 2.19. The molecular formula is C12H15N3O2S. The zero-order valence-corrected chi connectivity index (χ0v) is 10.9. The lowest BCUT2D eigenvalue weighted by Crippen LogP contribution is -2.00. The first kappa shape index (κ1) is 14.4. The number of rotatable bonds is 5. The van der Waals surface area contributed by atoms with Crippen LogP contribution in [0.3, 0.4) is 0 Å². The Labute approximate surface area is 110 Å². The second-order valence-electron chi connectivity index (χ2n) is 3.76. The Kier molecular flexibility index (Phi) is 5.51. The van der Waals surface area contributed by atoms with Crippen molar-refractivity contribution in [2.45, 2.75) is 26.2 Å². The van der Waals surface area contributed by atoms with Crippen LogP contribution in [0, 0.1) is 20.9 Å². The van der Waals surface area contributed by atoms with Gasteiger partial charge in [-0.3, -0.25) is 20.9 Å². The van der Waals surface area contributed by atoms with Crippen LogP contribution < -0.4 is 0 Å². The molecule has 0 aliphatic carbocycles. The highest BCUT2D eigenvalue weighted by Gasteiger charge is 2.09. The lowest BCUT2D eigenvalue weighted by molar-refractivity contribution is -0.384. The summed E-state index contributed by atoms with van der Waals surface area (Å²) < 4.78 is 0. The molecule has 96 valence electrons. The fourth-order valence-corrected chi connectivity index (χ4v) is 2.05. The van der Waals surface area contributed by atoms with E-state index in [-0.39, 0.29) is 10.7 Å². The predicted octanol–water partition coefficient (Wildman–Crippen LogP) is 3.82. The summed E-state index contributed by atoms with van der Waals surface area (Å²) in [6.45, 7) is 2.06. The van der Waals surface area contributed by atoms with E-state index in [1.807, 2.05) is 0 Å². The number of hydrogen-bond acceptors (Lipinski definition) is 5. The van der Waals surface area contributed by atoms with Crippen molar-refractivity contribution in [1.82, 2.24) is 0 Å². The molecule has 0 saturated carbocycles. The Balaban J connectivity index is 2.61. The van der Waals surface area contributed by atoms with Gasteiger partial charge >= 0.3 is 0 Å². The van der Waals surface area contributed by atoms with Gasteiger partial charge in [0.25, 0.3) is 5.69 Å². The topological polar surface area (TPSA) is 90.8 Å². The van der Waals surface area contributed by atoms with Crippen molar-refractivity contribution < 1.29 is 4.92 Å². The summed E-state index contributed by atoms with van der Waals surface area (Å²) in [4.78, 5) is 10.0. The third-order valence-corrected chi connectivity index (χ3v) is 3.21. The molecule has 0 aromatic heterocycles. The minimum absolute atomic E-state index is 0.0117. The maximum Gasteiger partial charge on any atom is 0.269 e. The molecule has 0 heterocycles. The summed E-state index contributed by atoms with van der Waals surface area (Å²) in [5.41, 5.74) is 0.615. The zero-order valence-electron chi connectivity index (χ0n) is 10.1. The van der Waals surface area contributed by atoms with Crippen LogP contribution in [-0.4, -0.2) is 15.0 Å². The Bertz CT molecular complexity index is 457. The molecule has 0 aliphatic heterocycles. The van der Waals surface area contributed by atoms with Crippen molar-refractivity contribution >= 4 is 27.5 Å². The molecule has 1 rings (SSSR count). The van der Waals surface area contributed by atoms with Gasteiger partial charge in [-0.05, 0) is 25.0 Å². The third kappa shape index (κ3) is 4.29. The van der Waals surface area contributed by atoms with Gasteiger partial charge in [-0.15, -0.1) is 0 Å². The first-order valence-electron chi connectivity index (χ1n) is 5.63. The minimum atomic E-state index is -0.468. The van der Waals surface area contributed by atoms with E-state index in [0.29, 0.717) is 17.0 Å². The van der Waals surface area contributed by atoms with Crippen molar-refractivity contribution in [2.24, 2.45) is 0 Å². The fourth-order valence-electron chi connectivity index (χ4n) is 1.31. The van der Waals surface area contributed by atoms with Crippen LogP contribution in [0.5, 0.6) is 0 Å². The lowest BCUT2D eigenvalue weighted by Gasteiger charge is -2.04. The largest absolute Gasteiger partial charge is 0.298 e. The second kappa shape index (κ2) is 6.90. The van der Waals surface area contributed by atoms with Gasteiger partial charge in [0.05, 0.1) is 9.97 Å². The fraction of sp³-hybridized carbons (Fsp3) is 0.333. The quantitative estimate of drug-likeness (QED) is 0.367. The molecule has 0 saturated heterocycles. The number of hydrogen-bond donors (Lipinski definition) is 2. The van der Waals surface area contributed by atoms with Crippen molar-refractivity contribution in [2.75, 3.05) is 0 Å². The smallest absolute Gasteiger partial charge is 0.269 e. The standard InChI is InChI=1S/C12H15N3O2S/c1-2-3-4-11(13)18-12(14)9-5-7-10(8-6-9)15(16)17/h5-8,13-14H,2-4H2,1H3. The van der Waals surface area contributed by atoms with Crippen LogP contribution in [0.1, 0.15) is 31.7 Å². The van der Waals surface area contributed by atoms with Crippen LogP contribution in [0.2, 0.25) is 0 Å². The number of benzene rings is 1. The Morgan fingerprint density at radius 1 is 1.33 bits per heavy atom. The SMILES string of the molecule is CCCCC(=N)SC(=N)c1ccc([N+](=O)[O-])cc1. The third-order valence-electron chi connectivity index (χ3n) is 2.32. The average molecular weight is 265 g/mol. The van der Waals surface area contributed by atoms with E-state index >= 15 is 0 Å². The van der Waals surface area contributed by atoms with Crippen molar-refractivity contribution in [3.05, 3.63) is 39.9 Å². The number of nitrogens with zero attached hydrogens (tertiary/aromatic N) is 1. The molecule has 0 aliphatic rings. The number of thioether (sulfide) groups is 1. The molecule has 2 N–H and O–H groups in total. The zero-order chi connectivity index (χ0) is 13.5. The molecular weight excluding hydrogens is 250 g/mol. The molecule has 0 bridgehead atoms. The van der Waals surface area contributed by atoms with Crippen molar-refractivity contribution in [3.8, 4) is 0 Å². The van der Waals surface area contributed by atoms with Crippen LogP contribution in [-0.2, 0) is 0 Å². The van der Waals surface area contributed by atoms with E-state index in [1.54, 1.807) is 12.1 Å². The van der Waals surface area contributed by atoms with E-state index in [1.165, 1.54) is 12.1 Å². The van der Waals surface area contributed by atoms with Gasteiger partial charge in [-0.1, -0.05) is 25.1 Å². The second-order valence-corrected chi connectivity index (χ2v) is 4.87. The van der Waals surface area contributed by atoms with Gasteiger partial charge in [0.15, 0.2) is 0 Å². The van der Waals surface area contributed by atoms with E-state index < -0.39 is 4.92 Å². The summed E-state index contributed by atoms with van der Waals surface area (Å²) >= 11 is 1.10. The molecule has 5 nitrogen and oxygen atoms in total. The molecule has 18 heavy (non-hydrogen) atoms. The maximum atomic E-state index is 10.5. The van der Waals surface area contributed by atoms with Gasteiger partial charge in [0, 0.05) is 17.7 Å². The van der Waals surface area contributed by atoms with Gasteiger partial charge in [-0.2, -0.15) is 0 Å². The normalized spacial score (nSPS) is 10.1. The highest BCUT2D eigenvalue weighted by molar-refractivity contribution is 8.26. The predicted molar refractivity (Wildman–Crippen MR) is 74.8 cm³/mol. The van der Waals surface area contributed by atoms with Crippen molar-refractivity contribution in [3.63, 3.8) is 0 Å². The molecule has 0 atom stereocenters. The molecule has 0 amide bonds. The minimum Gasteiger partial charge on any atom is -0.298 e. The molecule has 0 fully saturated rings. The van der Waals surface area contributed by atoms with Crippen LogP contribution in [0.4, 0.5) is 5.69 Å².